The number of rotatable bonds is 4. The normalized spacial score (nSPS) is 10.7. The molecule has 0 aromatic carbocycles. The van der Waals surface area contributed by atoms with Crippen LogP contribution in [0.4, 0.5) is 5.13 Å². The highest BCUT2D eigenvalue weighted by atomic mass is 32.2. The summed E-state index contributed by atoms with van der Waals surface area (Å²) in [4.78, 5) is 4.18. The lowest BCUT2D eigenvalue weighted by molar-refractivity contribution is 0.378. The third-order valence-electron chi connectivity index (χ3n) is 1.56. The fraction of sp³-hybridized carbons (Fsp3) is 0.429. The van der Waals surface area contributed by atoms with Crippen molar-refractivity contribution in [2.45, 2.75) is 23.4 Å². The predicted octanol–water partition coefficient (Wildman–Crippen LogP) is 1.36. The molecule has 0 amide bonds. The summed E-state index contributed by atoms with van der Waals surface area (Å²) < 4.78 is 5.79. The average molecular weight is 243 g/mol. The van der Waals surface area contributed by atoms with Crippen molar-refractivity contribution >= 4 is 28.2 Å². The second-order valence-corrected chi connectivity index (χ2v) is 4.88. The SMILES string of the molecule is CCc1nc(CSc2nnc(N)s2)no1. The molecule has 0 aliphatic rings. The first-order valence-electron chi connectivity index (χ1n) is 4.31. The van der Waals surface area contributed by atoms with Gasteiger partial charge >= 0.3 is 0 Å². The molecule has 80 valence electrons. The molecule has 2 rings (SSSR count). The van der Waals surface area contributed by atoms with Gasteiger partial charge < -0.3 is 10.3 Å². The molecule has 0 atom stereocenters. The number of thioether (sulfide) groups is 1. The van der Waals surface area contributed by atoms with Crippen molar-refractivity contribution in [1.82, 2.24) is 20.3 Å². The maximum atomic E-state index is 5.46. The summed E-state index contributed by atoms with van der Waals surface area (Å²) in [6.45, 7) is 1.97. The summed E-state index contributed by atoms with van der Waals surface area (Å²) in [5, 5.41) is 11.9. The van der Waals surface area contributed by atoms with E-state index in [1.54, 1.807) is 0 Å². The van der Waals surface area contributed by atoms with Gasteiger partial charge in [-0.15, -0.1) is 10.2 Å². The Morgan fingerprint density at radius 1 is 1.47 bits per heavy atom. The van der Waals surface area contributed by atoms with E-state index in [2.05, 4.69) is 20.3 Å². The number of aromatic nitrogens is 4. The Balaban J connectivity index is 1.93. The van der Waals surface area contributed by atoms with Crippen LogP contribution >= 0.6 is 23.1 Å². The molecule has 0 radical (unpaired) electrons. The van der Waals surface area contributed by atoms with Crippen molar-refractivity contribution in [1.29, 1.82) is 0 Å². The molecule has 2 aromatic heterocycles. The van der Waals surface area contributed by atoms with Crippen molar-refractivity contribution in [3.05, 3.63) is 11.7 Å². The molecule has 0 spiro atoms. The molecular formula is C7H9N5OS2. The first-order valence-corrected chi connectivity index (χ1v) is 6.11. The number of nitrogen functional groups attached to an aromatic ring is 1. The predicted molar refractivity (Wildman–Crippen MR) is 57.6 cm³/mol. The fourth-order valence-electron chi connectivity index (χ4n) is 0.897. The molecule has 0 fully saturated rings. The van der Waals surface area contributed by atoms with E-state index in [1.165, 1.54) is 23.1 Å². The monoisotopic (exact) mass is 243 g/mol. The van der Waals surface area contributed by atoms with E-state index in [1.807, 2.05) is 6.92 Å². The Labute approximate surface area is 94.3 Å². The molecule has 0 bridgehead atoms. The molecule has 0 aliphatic heterocycles. The Hall–Kier alpha value is -1.15. The molecule has 2 N–H and O–H groups in total. The first-order chi connectivity index (χ1) is 7.28. The third kappa shape index (κ3) is 2.66. The van der Waals surface area contributed by atoms with E-state index in [-0.39, 0.29) is 0 Å². The van der Waals surface area contributed by atoms with E-state index in [9.17, 15) is 0 Å². The van der Waals surface area contributed by atoms with Gasteiger partial charge in [-0.25, -0.2) is 0 Å². The highest BCUT2D eigenvalue weighted by Crippen LogP contribution is 2.25. The average Bonchev–Trinajstić information content (AvgIpc) is 2.83. The van der Waals surface area contributed by atoms with Crippen LogP contribution in [0.15, 0.2) is 8.86 Å². The van der Waals surface area contributed by atoms with Crippen LogP contribution in [0.5, 0.6) is 0 Å². The quantitative estimate of drug-likeness (QED) is 0.810. The lowest BCUT2D eigenvalue weighted by atomic mass is 10.5. The maximum Gasteiger partial charge on any atom is 0.226 e. The topological polar surface area (TPSA) is 90.7 Å². The van der Waals surface area contributed by atoms with Gasteiger partial charge in [0.1, 0.15) is 0 Å². The third-order valence-corrected chi connectivity index (χ3v) is 3.44. The van der Waals surface area contributed by atoms with Crippen LogP contribution in [0, 0.1) is 0 Å². The van der Waals surface area contributed by atoms with Crippen LogP contribution in [0.3, 0.4) is 0 Å². The largest absolute Gasteiger partial charge is 0.374 e. The number of aryl methyl sites for hydroxylation is 1. The molecule has 2 heterocycles. The van der Waals surface area contributed by atoms with Crippen LogP contribution in [0.25, 0.3) is 0 Å². The zero-order valence-corrected chi connectivity index (χ0v) is 9.64. The van der Waals surface area contributed by atoms with Crippen LogP contribution in [-0.2, 0) is 12.2 Å². The highest BCUT2D eigenvalue weighted by Gasteiger charge is 2.07. The van der Waals surface area contributed by atoms with Crippen molar-refractivity contribution in [3.8, 4) is 0 Å². The minimum absolute atomic E-state index is 0.472. The van der Waals surface area contributed by atoms with Crippen molar-refractivity contribution in [2.24, 2.45) is 0 Å². The molecule has 2 aromatic rings. The van der Waals surface area contributed by atoms with Gasteiger partial charge in [0.05, 0.1) is 5.75 Å². The zero-order valence-electron chi connectivity index (χ0n) is 8.01. The van der Waals surface area contributed by atoms with Gasteiger partial charge in [0.25, 0.3) is 0 Å². The summed E-state index contributed by atoms with van der Waals surface area (Å²) >= 11 is 2.85. The molecule has 6 nitrogen and oxygen atoms in total. The number of hydrogen-bond acceptors (Lipinski definition) is 8. The van der Waals surface area contributed by atoms with Crippen molar-refractivity contribution in [2.75, 3.05) is 5.73 Å². The lowest BCUT2D eigenvalue weighted by Gasteiger charge is -1.88. The summed E-state index contributed by atoms with van der Waals surface area (Å²) in [7, 11) is 0. The van der Waals surface area contributed by atoms with Crippen LogP contribution in [0.1, 0.15) is 18.6 Å². The van der Waals surface area contributed by atoms with Gasteiger partial charge in [0.2, 0.25) is 11.0 Å². The second kappa shape index (κ2) is 4.58. The molecule has 0 saturated heterocycles. The molecule has 0 saturated carbocycles. The van der Waals surface area contributed by atoms with E-state index in [4.69, 9.17) is 10.3 Å². The Morgan fingerprint density at radius 3 is 2.93 bits per heavy atom. The standard InChI is InChI=1S/C7H9N5OS2/c1-2-5-9-4(12-13-5)3-14-7-11-10-6(8)15-7/h2-3H2,1H3,(H2,8,10). The number of hydrogen-bond donors (Lipinski definition) is 1. The summed E-state index contributed by atoms with van der Waals surface area (Å²) in [6.07, 6.45) is 0.753. The van der Waals surface area contributed by atoms with Crippen LogP contribution in [0.2, 0.25) is 0 Å². The summed E-state index contributed by atoms with van der Waals surface area (Å²) in [6, 6.07) is 0. The van der Waals surface area contributed by atoms with Crippen molar-refractivity contribution in [3.63, 3.8) is 0 Å². The van der Waals surface area contributed by atoms with Gasteiger partial charge in [-0.3, -0.25) is 0 Å². The van der Waals surface area contributed by atoms with Crippen molar-refractivity contribution < 1.29 is 4.52 Å². The number of anilines is 1. The second-order valence-electron chi connectivity index (χ2n) is 2.65. The van der Waals surface area contributed by atoms with Gasteiger partial charge in [-0.05, 0) is 0 Å². The number of nitrogens with zero attached hydrogens (tertiary/aromatic N) is 4. The lowest BCUT2D eigenvalue weighted by Crippen LogP contribution is -1.84. The fourth-order valence-corrected chi connectivity index (χ4v) is 2.38. The number of nitrogens with two attached hydrogens (primary N) is 1. The maximum absolute atomic E-state index is 5.46. The summed E-state index contributed by atoms with van der Waals surface area (Å²) in [5.41, 5.74) is 5.46. The molecule has 15 heavy (non-hydrogen) atoms. The molecular weight excluding hydrogens is 234 g/mol. The first kappa shape index (κ1) is 10.4. The minimum atomic E-state index is 0.472. The Bertz CT molecular complexity index is 440. The molecule has 0 aliphatic carbocycles. The van der Waals surface area contributed by atoms with E-state index < -0.39 is 0 Å². The summed E-state index contributed by atoms with van der Waals surface area (Å²) in [5.74, 6) is 1.95. The zero-order chi connectivity index (χ0) is 10.7. The van der Waals surface area contributed by atoms with E-state index in [0.29, 0.717) is 22.6 Å². The van der Waals surface area contributed by atoms with Crippen LogP contribution < -0.4 is 5.73 Å². The minimum Gasteiger partial charge on any atom is -0.374 e. The van der Waals surface area contributed by atoms with Gasteiger partial charge in [-0.2, -0.15) is 4.98 Å². The Morgan fingerprint density at radius 2 is 2.33 bits per heavy atom. The molecule has 8 heteroatoms. The van der Waals surface area contributed by atoms with Crippen LogP contribution in [-0.4, -0.2) is 20.3 Å². The molecule has 0 unspecified atom stereocenters. The smallest absolute Gasteiger partial charge is 0.226 e. The van der Waals surface area contributed by atoms with Gasteiger partial charge in [-0.1, -0.05) is 35.2 Å². The van der Waals surface area contributed by atoms with E-state index in [0.717, 1.165) is 10.8 Å². The Kier molecular flexibility index (Phi) is 3.17. The van der Waals surface area contributed by atoms with Gasteiger partial charge in [0, 0.05) is 6.42 Å². The van der Waals surface area contributed by atoms with Gasteiger partial charge in [0.15, 0.2) is 10.2 Å². The highest BCUT2D eigenvalue weighted by molar-refractivity contribution is 8.00. The van der Waals surface area contributed by atoms with E-state index >= 15 is 0 Å².